The van der Waals surface area contributed by atoms with Crippen molar-refractivity contribution in [1.29, 1.82) is 0 Å². The fourth-order valence-electron chi connectivity index (χ4n) is 3.67. The molecular weight excluding hydrogens is 539 g/mol. The van der Waals surface area contributed by atoms with E-state index in [-0.39, 0.29) is 16.3 Å². The van der Waals surface area contributed by atoms with Crippen LogP contribution in [0, 0.1) is 12.8 Å². The number of benzene rings is 2. The number of amides is 2. The van der Waals surface area contributed by atoms with Crippen LogP contribution in [0.4, 0.5) is 18.9 Å². The maximum absolute atomic E-state index is 12.9. The summed E-state index contributed by atoms with van der Waals surface area (Å²) >= 11 is 25.1. The van der Waals surface area contributed by atoms with Gasteiger partial charge in [-0.15, -0.1) is 23.2 Å². The van der Waals surface area contributed by atoms with Crippen molar-refractivity contribution in [3.8, 4) is 5.75 Å². The molecule has 0 aliphatic heterocycles. The Morgan fingerprint density at radius 3 is 2.38 bits per heavy atom. The summed E-state index contributed by atoms with van der Waals surface area (Å²) < 4.78 is 40.8. The second kappa shape index (κ2) is 10.0. The summed E-state index contributed by atoms with van der Waals surface area (Å²) in [4.78, 5) is 25.2. The molecule has 1 aliphatic carbocycles. The van der Waals surface area contributed by atoms with Crippen molar-refractivity contribution in [2.75, 3.05) is 19.0 Å². The highest BCUT2D eigenvalue weighted by Crippen LogP contribution is 2.65. The number of methoxy groups -OCH3 is 1. The normalized spacial score (nSPS) is 18.9. The van der Waals surface area contributed by atoms with E-state index < -0.39 is 47.1 Å². The van der Waals surface area contributed by atoms with Crippen molar-refractivity contribution < 1.29 is 27.5 Å². The van der Waals surface area contributed by atoms with Gasteiger partial charge >= 0.3 is 6.18 Å². The van der Waals surface area contributed by atoms with Crippen molar-refractivity contribution in [3.63, 3.8) is 0 Å². The maximum Gasteiger partial charge on any atom is 0.390 e. The minimum Gasteiger partial charge on any atom is -0.495 e. The molecule has 2 N–H and O–H groups in total. The van der Waals surface area contributed by atoms with E-state index in [4.69, 9.17) is 51.1 Å². The predicted octanol–water partition coefficient (Wildman–Crippen LogP) is 6.52. The van der Waals surface area contributed by atoms with E-state index in [9.17, 15) is 22.8 Å². The summed E-state index contributed by atoms with van der Waals surface area (Å²) in [5.41, 5.74) is 1.53. The Hall–Kier alpha value is -1.87. The quantitative estimate of drug-likeness (QED) is 0.381. The van der Waals surface area contributed by atoms with Gasteiger partial charge < -0.3 is 15.4 Å². The lowest BCUT2D eigenvalue weighted by Gasteiger charge is -2.11. The number of aryl methyl sites for hydroxylation is 1. The van der Waals surface area contributed by atoms with Gasteiger partial charge in [-0.2, -0.15) is 13.2 Å². The number of nitrogens with one attached hydrogen (secondary N) is 2. The third kappa shape index (κ3) is 5.85. The molecule has 1 fully saturated rings. The van der Waals surface area contributed by atoms with Crippen molar-refractivity contribution >= 4 is 63.9 Å². The average molecular weight is 558 g/mol. The van der Waals surface area contributed by atoms with E-state index in [0.29, 0.717) is 16.3 Å². The molecule has 0 aromatic heterocycles. The zero-order chi connectivity index (χ0) is 25.4. The smallest absolute Gasteiger partial charge is 0.390 e. The van der Waals surface area contributed by atoms with Gasteiger partial charge in [-0.1, -0.05) is 29.3 Å². The van der Waals surface area contributed by atoms with Crippen LogP contribution in [0.15, 0.2) is 30.3 Å². The van der Waals surface area contributed by atoms with Gasteiger partial charge in [0.25, 0.3) is 5.91 Å². The topological polar surface area (TPSA) is 67.4 Å². The van der Waals surface area contributed by atoms with Crippen LogP contribution < -0.4 is 15.4 Å². The highest BCUT2D eigenvalue weighted by Gasteiger charge is 2.67. The molecule has 0 bridgehead atoms. The van der Waals surface area contributed by atoms with Gasteiger partial charge in [0.1, 0.15) is 10.1 Å². The molecule has 0 spiro atoms. The standard InChI is InChI=1S/C22H19Cl4F3N2O3/c1-10-7-11(8-15(24)18(10)34-2)16-17(22(16,25)26)20(33)31-12-3-4-14(23)13(9-12)19(32)30-6-5-21(27,28)29/h3-4,7-9,16-17H,5-6H2,1-2H3,(H,30,32)(H,31,33). The Balaban J connectivity index is 1.73. The second-order valence-corrected chi connectivity index (χ2v) is 10.0. The van der Waals surface area contributed by atoms with Gasteiger partial charge in [0.2, 0.25) is 5.91 Å². The Labute approximate surface area is 213 Å². The van der Waals surface area contributed by atoms with Crippen molar-refractivity contribution in [3.05, 3.63) is 57.1 Å². The maximum atomic E-state index is 12.9. The molecule has 12 heteroatoms. The van der Waals surface area contributed by atoms with Gasteiger partial charge in [-0.05, 0) is 42.3 Å². The monoisotopic (exact) mass is 556 g/mol. The van der Waals surface area contributed by atoms with Crippen molar-refractivity contribution in [2.24, 2.45) is 5.92 Å². The van der Waals surface area contributed by atoms with E-state index in [2.05, 4.69) is 10.6 Å². The Morgan fingerprint density at radius 1 is 1.12 bits per heavy atom. The molecular formula is C22H19Cl4F3N2O3. The molecule has 184 valence electrons. The number of carbonyl (C=O) groups excluding carboxylic acids is 2. The first kappa shape index (κ1) is 26.7. The number of anilines is 1. The third-order valence-corrected chi connectivity index (χ3v) is 6.87. The van der Waals surface area contributed by atoms with Gasteiger partial charge in [-0.25, -0.2) is 0 Å². The van der Waals surface area contributed by atoms with E-state index in [1.165, 1.54) is 25.3 Å². The summed E-state index contributed by atoms with van der Waals surface area (Å²) in [5, 5.41) is 5.15. The van der Waals surface area contributed by atoms with Crippen LogP contribution in [0.25, 0.3) is 0 Å². The summed E-state index contributed by atoms with van der Waals surface area (Å²) in [5.74, 6) is -2.17. The molecule has 34 heavy (non-hydrogen) atoms. The van der Waals surface area contributed by atoms with E-state index in [1.54, 1.807) is 19.1 Å². The fraction of sp³-hybridized carbons (Fsp3) is 0.364. The summed E-state index contributed by atoms with van der Waals surface area (Å²) in [7, 11) is 1.49. The minimum absolute atomic E-state index is 0.0131. The summed E-state index contributed by atoms with van der Waals surface area (Å²) in [6.07, 6.45) is -5.59. The van der Waals surface area contributed by atoms with E-state index >= 15 is 0 Å². The van der Waals surface area contributed by atoms with Gasteiger partial charge in [0.05, 0.1) is 35.1 Å². The number of hydrogen-bond donors (Lipinski definition) is 2. The summed E-state index contributed by atoms with van der Waals surface area (Å²) in [6, 6.07) is 7.48. The number of alkyl halides is 5. The van der Waals surface area contributed by atoms with Crippen LogP contribution >= 0.6 is 46.4 Å². The zero-order valence-electron chi connectivity index (χ0n) is 17.8. The minimum atomic E-state index is -4.41. The second-order valence-electron chi connectivity index (χ2n) is 7.79. The molecule has 2 aromatic rings. The molecule has 2 unspecified atom stereocenters. The van der Waals surface area contributed by atoms with Crippen LogP contribution in [0.1, 0.15) is 33.8 Å². The van der Waals surface area contributed by atoms with Crippen LogP contribution in [-0.2, 0) is 4.79 Å². The van der Waals surface area contributed by atoms with E-state index in [1.807, 2.05) is 0 Å². The molecule has 1 aliphatic rings. The molecule has 2 amide bonds. The molecule has 2 aromatic carbocycles. The number of rotatable bonds is 7. The highest BCUT2D eigenvalue weighted by molar-refractivity contribution is 6.53. The molecule has 2 atom stereocenters. The van der Waals surface area contributed by atoms with Gasteiger partial charge in [0.15, 0.2) is 0 Å². The van der Waals surface area contributed by atoms with Gasteiger partial charge in [0, 0.05) is 18.2 Å². The van der Waals surface area contributed by atoms with Gasteiger partial charge in [-0.3, -0.25) is 9.59 Å². The lowest BCUT2D eigenvalue weighted by atomic mass is 10.0. The molecule has 0 radical (unpaired) electrons. The number of hydrogen-bond acceptors (Lipinski definition) is 3. The van der Waals surface area contributed by atoms with Crippen LogP contribution in [0.3, 0.4) is 0 Å². The number of halogens is 7. The van der Waals surface area contributed by atoms with Crippen LogP contribution in [-0.4, -0.2) is 36.0 Å². The van der Waals surface area contributed by atoms with Crippen LogP contribution in [0.2, 0.25) is 10.0 Å². The molecule has 1 saturated carbocycles. The lowest BCUT2D eigenvalue weighted by molar-refractivity contribution is -0.133. The lowest BCUT2D eigenvalue weighted by Crippen LogP contribution is -2.28. The fourth-order valence-corrected chi connectivity index (χ4v) is 5.06. The molecule has 5 nitrogen and oxygen atoms in total. The Morgan fingerprint density at radius 2 is 1.79 bits per heavy atom. The Bertz CT molecular complexity index is 1100. The molecule has 0 heterocycles. The number of ether oxygens (including phenoxy) is 1. The largest absolute Gasteiger partial charge is 0.495 e. The first-order valence-corrected chi connectivity index (χ1v) is 11.4. The number of carbonyl (C=O) groups is 2. The van der Waals surface area contributed by atoms with E-state index in [0.717, 1.165) is 5.56 Å². The Kier molecular flexibility index (Phi) is 7.87. The summed E-state index contributed by atoms with van der Waals surface area (Å²) in [6.45, 7) is 1.19. The highest BCUT2D eigenvalue weighted by atomic mass is 35.5. The molecule has 3 rings (SSSR count). The predicted molar refractivity (Wildman–Crippen MR) is 126 cm³/mol. The first-order chi connectivity index (χ1) is 15.8. The zero-order valence-corrected chi connectivity index (χ0v) is 20.8. The molecule has 0 saturated heterocycles. The average Bonchev–Trinajstić information content (AvgIpc) is 3.30. The van der Waals surface area contributed by atoms with Crippen molar-refractivity contribution in [2.45, 2.75) is 29.8 Å². The third-order valence-electron chi connectivity index (χ3n) is 5.32. The van der Waals surface area contributed by atoms with Crippen molar-refractivity contribution in [1.82, 2.24) is 5.32 Å². The first-order valence-electron chi connectivity index (χ1n) is 9.93. The van der Waals surface area contributed by atoms with Crippen LogP contribution in [0.5, 0.6) is 5.75 Å². The SMILES string of the molecule is COc1c(C)cc(C2C(C(=O)Nc3ccc(Cl)c(C(=O)NCCC(F)(F)F)c3)C2(Cl)Cl)cc1Cl.